The number of imidazole rings is 1. The predicted octanol–water partition coefficient (Wildman–Crippen LogP) is 3.95. The van der Waals surface area contributed by atoms with Crippen molar-refractivity contribution in [3.8, 4) is 6.07 Å². The fourth-order valence-electron chi connectivity index (χ4n) is 1.94. The van der Waals surface area contributed by atoms with Crippen LogP contribution in [0.1, 0.15) is 29.5 Å². The maximum absolute atomic E-state index is 8.76. The molecule has 0 saturated carbocycles. The smallest absolute Gasteiger partial charge is 0.131 e. The molecule has 2 rings (SSSR count). The minimum atomic E-state index is -0.0820. The standard InChI is InChI=1S/C13H14IN3S/c1-2-6-13(14,17-9-8-16-10-17)12-4-3-11(18-12)5-7-15/h3-4,8-10H,2,5-6H2,1H3. The van der Waals surface area contributed by atoms with Crippen molar-refractivity contribution in [3.63, 3.8) is 0 Å². The van der Waals surface area contributed by atoms with Crippen LogP contribution in [-0.4, -0.2) is 9.55 Å². The van der Waals surface area contributed by atoms with Crippen LogP contribution in [-0.2, 0) is 9.97 Å². The highest BCUT2D eigenvalue weighted by atomic mass is 127. The minimum absolute atomic E-state index is 0.0820. The van der Waals surface area contributed by atoms with Gasteiger partial charge in [0, 0.05) is 22.1 Å². The molecule has 0 aromatic carbocycles. The molecule has 1 atom stereocenters. The molecule has 0 bridgehead atoms. The lowest BCUT2D eigenvalue weighted by atomic mass is 10.1. The molecule has 3 nitrogen and oxygen atoms in total. The van der Waals surface area contributed by atoms with Crippen LogP contribution in [0.25, 0.3) is 0 Å². The van der Waals surface area contributed by atoms with E-state index in [0.717, 1.165) is 17.7 Å². The molecule has 0 saturated heterocycles. The topological polar surface area (TPSA) is 41.6 Å². The van der Waals surface area contributed by atoms with Crippen LogP contribution in [0, 0.1) is 11.3 Å². The van der Waals surface area contributed by atoms with E-state index in [1.807, 2.05) is 18.7 Å². The maximum Gasteiger partial charge on any atom is 0.131 e. The maximum atomic E-state index is 8.76. The molecular weight excluding hydrogens is 357 g/mol. The summed E-state index contributed by atoms with van der Waals surface area (Å²) in [5.74, 6) is 0. The van der Waals surface area contributed by atoms with Crippen molar-refractivity contribution in [1.29, 1.82) is 5.26 Å². The monoisotopic (exact) mass is 371 g/mol. The van der Waals surface area contributed by atoms with Crippen molar-refractivity contribution in [3.05, 3.63) is 40.6 Å². The van der Waals surface area contributed by atoms with Gasteiger partial charge in [0.2, 0.25) is 0 Å². The Labute approximate surface area is 125 Å². The van der Waals surface area contributed by atoms with Crippen LogP contribution in [0.4, 0.5) is 0 Å². The first-order valence-corrected chi connectivity index (χ1v) is 7.73. The van der Waals surface area contributed by atoms with Crippen molar-refractivity contribution >= 4 is 33.9 Å². The van der Waals surface area contributed by atoms with Crippen LogP contribution in [0.5, 0.6) is 0 Å². The summed E-state index contributed by atoms with van der Waals surface area (Å²) < 4.78 is 2.07. The van der Waals surface area contributed by atoms with Crippen molar-refractivity contribution in [2.24, 2.45) is 0 Å². The summed E-state index contributed by atoms with van der Waals surface area (Å²) in [6.45, 7) is 2.19. The zero-order valence-corrected chi connectivity index (χ0v) is 13.1. The normalized spacial score (nSPS) is 14.1. The average molecular weight is 371 g/mol. The second kappa shape index (κ2) is 5.85. The van der Waals surface area contributed by atoms with E-state index in [2.05, 4.69) is 57.3 Å². The molecular formula is C13H14IN3S. The number of rotatable bonds is 5. The van der Waals surface area contributed by atoms with Gasteiger partial charge < -0.3 is 4.57 Å². The summed E-state index contributed by atoms with van der Waals surface area (Å²) >= 11 is 4.22. The summed E-state index contributed by atoms with van der Waals surface area (Å²) in [6, 6.07) is 6.40. The van der Waals surface area contributed by atoms with Crippen LogP contribution >= 0.6 is 33.9 Å². The molecule has 2 aromatic rings. The molecule has 0 spiro atoms. The lowest BCUT2D eigenvalue weighted by Gasteiger charge is -2.27. The van der Waals surface area contributed by atoms with E-state index in [1.54, 1.807) is 11.3 Å². The Kier molecular flexibility index (Phi) is 4.40. The Balaban J connectivity index is 2.38. The van der Waals surface area contributed by atoms with Gasteiger partial charge in [-0.05, 0) is 41.1 Å². The highest BCUT2D eigenvalue weighted by molar-refractivity contribution is 14.1. The zero-order valence-electron chi connectivity index (χ0n) is 10.1. The Morgan fingerprint density at radius 3 is 3.00 bits per heavy atom. The SMILES string of the molecule is CCCC(I)(c1ccc(CC#N)s1)n1ccnc1. The van der Waals surface area contributed by atoms with Gasteiger partial charge in [0.05, 0.1) is 18.8 Å². The van der Waals surface area contributed by atoms with Crippen LogP contribution in [0.2, 0.25) is 0 Å². The number of nitrogens with zero attached hydrogens (tertiary/aromatic N) is 3. The quantitative estimate of drug-likeness (QED) is 0.590. The van der Waals surface area contributed by atoms with Crippen molar-refractivity contribution < 1.29 is 0 Å². The van der Waals surface area contributed by atoms with E-state index in [-0.39, 0.29) is 3.55 Å². The van der Waals surface area contributed by atoms with Gasteiger partial charge in [-0.15, -0.1) is 11.3 Å². The number of nitriles is 1. The third-order valence-corrected chi connectivity index (χ3v) is 6.07. The third-order valence-electron chi connectivity index (χ3n) is 2.79. The van der Waals surface area contributed by atoms with Crippen LogP contribution in [0.15, 0.2) is 30.9 Å². The van der Waals surface area contributed by atoms with Gasteiger partial charge in [-0.25, -0.2) is 4.98 Å². The Morgan fingerprint density at radius 1 is 1.56 bits per heavy atom. The second-order valence-corrected chi connectivity index (χ2v) is 7.03. The number of hydrogen-bond donors (Lipinski definition) is 0. The first-order valence-electron chi connectivity index (χ1n) is 5.84. The number of halogens is 1. The molecule has 0 radical (unpaired) electrons. The molecule has 1 unspecified atom stereocenters. The molecule has 0 fully saturated rings. The lowest BCUT2D eigenvalue weighted by Crippen LogP contribution is -2.25. The van der Waals surface area contributed by atoms with E-state index in [4.69, 9.17) is 5.26 Å². The van der Waals surface area contributed by atoms with E-state index < -0.39 is 0 Å². The molecule has 5 heteroatoms. The summed E-state index contributed by atoms with van der Waals surface area (Å²) in [6.07, 6.45) is 8.33. The summed E-state index contributed by atoms with van der Waals surface area (Å²) in [4.78, 5) is 6.56. The average Bonchev–Trinajstić information content (AvgIpc) is 3.01. The molecule has 2 heterocycles. The second-order valence-electron chi connectivity index (χ2n) is 4.08. The van der Waals surface area contributed by atoms with Crippen molar-refractivity contribution in [1.82, 2.24) is 9.55 Å². The highest BCUT2D eigenvalue weighted by Gasteiger charge is 2.31. The summed E-state index contributed by atoms with van der Waals surface area (Å²) in [5, 5.41) is 8.76. The molecule has 0 N–H and O–H groups in total. The number of thiophene rings is 1. The van der Waals surface area contributed by atoms with Gasteiger partial charge in [0.1, 0.15) is 3.55 Å². The van der Waals surface area contributed by atoms with E-state index >= 15 is 0 Å². The van der Waals surface area contributed by atoms with Gasteiger partial charge in [0.15, 0.2) is 0 Å². The number of alkyl halides is 1. The lowest BCUT2D eigenvalue weighted by molar-refractivity contribution is 0.514. The summed E-state index contributed by atoms with van der Waals surface area (Å²) in [7, 11) is 0. The Morgan fingerprint density at radius 2 is 2.39 bits per heavy atom. The number of hydrogen-bond acceptors (Lipinski definition) is 3. The first-order chi connectivity index (χ1) is 8.70. The predicted molar refractivity (Wildman–Crippen MR) is 81.9 cm³/mol. The Bertz CT molecular complexity index is 541. The fourth-order valence-corrected chi connectivity index (χ4v) is 4.33. The molecule has 0 amide bonds. The van der Waals surface area contributed by atoms with E-state index in [9.17, 15) is 0 Å². The fraction of sp³-hybridized carbons (Fsp3) is 0.385. The molecule has 0 aliphatic rings. The van der Waals surface area contributed by atoms with Crippen LogP contribution in [0.3, 0.4) is 0 Å². The minimum Gasteiger partial charge on any atom is -0.317 e. The molecule has 18 heavy (non-hydrogen) atoms. The van der Waals surface area contributed by atoms with Crippen molar-refractivity contribution in [2.75, 3.05) is 0 Å². The van der Waals surface area contributed by atoms with Crippen molar-refractivity contribution in [2.45, 2.75) is 29.7 Å². The van der Waals surface area contributed by atoms with Crippen LogP contribution < -0.4 is 0 Å². The molecule has 2 aromatic heterocycles. The van der Waals surface area contributed by atoms with Gasteiger partial charge >= 0.3 is 0 Å². The highest BCUT2D eigenvalue weighted by Crippen LogP contribution is 2.41. The first kappa shape index (κ1) is 13.6. The van der Waals surface area contributed by atoms with E-state index in [1.165, 1.54) is 4.88 Å². The molecule has 0 aliphatic carbocycles. The largest absolute Gasteiger partial charge is 0.317 e. The van der Waals surface area contributed by atoms with Gasteiger partial charge in [0.25, 0.3) is 0 Å². The summed E-state index contributed by atoms with van der Waals surface area (Å²) in [5.41, 5.74) is 0. The van der Waals surface area contributed by atoms with E-state index in [0.29, 0.717) is 6.42 Å². The molecule has 0 aliphatic heterocycles. The molecule has 94 valence electrons. The zero-order chi connectivity index (χ0) is 13.0. The van der Waals surface area contributed by atoms with Gasteiger partial charge in [-0.3, -0.25) is 0 Å². The van der Waals surface area contributed by atoms with Gasteiger partial charge in [-0.2, -0.15) is 5.26 Å². The Hall–Kier alpha value is -0.870. The number of aromatic nitrogens is 2. The van der Waals surface area contributed by atoms with Gasteiger partial charge in [-0.1, -0.05) is 13.3 Å². The third kappa shape index (κ3) is 2.59.